The molecule has 2 nitrogen and oxygen atoms in total. The van der Waals surface area contributed by atoms with Crippen molar-refractivity contribution in [3.63, 3.8) is 0 Å². The molecule has 84 valence electrons. The summed E-state index contributed by atoms with van der Waals surface area (Å²) in [6.45, 7) is 3.42. The average Bonchev–Trinajstić information content (AvgIpc) is 2.66. The first-order valence-electron chi connectivity index (χ1n) is 5.23. The van der Waals surface area contributed by atoms with E-state index in [2.05, 4.69) is 27.4 Å². The van der Waals surface area contributed by atoms with Crippen molar-refractivity contribution < 1.29 is 9.47 Å². The third kappa shape index (κ3) is 3.87. The molecule has 0 radical (unpaired) electrons. The minimum Gasteiger partial charge on any atom is -0.381 e. The first kappa shape index (κ1) is 11.6. The van der Waals surface area contributed by atoms with E-state index in [0.717, 1.165) is 43.7 Å². The van der Waals surface area contributed by atoms with Gasteiger partial charge in [0.1, 0.15) is 0 Å². The lowest BCUT2D eigenvalue weighted by Crippen LogP contribution is -2.19. The van der Waals surface area contributed by atoms with Crippen LogP contribution in [-0.2, 0) is 16.1 Å². The summed E-state index contributed by atoms with van der Waals surface area (Å²) in [6, 6.07) is 2.12. The lowest BCUT2D eigenvalue weighted by atomic mass is 10.0. The highest BCUT2D eigenvalue weighted by Gasteiger charge is 2.13. The Morgan fingerprint density at radius 2 is 2.27 bits per heavy atom. The van der Waals surface area contributed by atoms with Crippen molar-refractivity contribution in [2.75, 3.05) is 19.8 Å². The van der Waals surface area contributed by atoms with Gasteiger partial charge < -0.3 is 9.47 Å². The summed E-state index contributed by atoms with van der Waals surface area (Å²) in [5.74, 6) is 0.696. The maximum atomic E-state index is 5.71. The molecule has 1 fully saturated rings. The van der Waals surface area contributed by atoms with E-state index in [1.165, 1.54) is 4.88 Å². The van der Waals surface area contributed by atoms with E-state index in [0.29, 0.717) is 5.92 Å². The van der Waals surface area contributed by atoms with Crippen molar-refractivity contribution in [3.05, 3.63) is 20.8 Å². The molecular weight excluding hydrogens is 276 g/mol. The second-order valence-corrected chi connectivity index (χ2v) is 5.71. The van der Waals surface area contributed by atoms with Gasteiger partial charge in [-0.15, -0.1) is 11.3 Å². The van der Waals surface area contributed by atoms with Crippen molar-refractivity contribution in [3.8, 4) is 0 Å². The zero-order valence-corrected chi connectivity index (χ0v) is 11.0. The number of thiophene rings is 1. The molecule has 0 aromatic carbocycles. The van der Waals surface area contributed by atoms with E-state index in [4.69, 9.17) is 9.47 Å². The van der Waals surface area contributed by atoms with E-state index in [9.17, 15) is 0 Å². The van der Waals surface area contributed by atoms with Crippen molar-refractivity contribution in [2.24, 2.45) is 5.92 Å². The van der Waals surface area contributed by atoms with Gasteiger partial charge in [-0.1, -0.05) is 0 Å². The lowest BCUT2D eigenvalue weighted by molar-refractivity contribution is 0.0163. The summed E-state index contributed by atoms with van der Waals surface area (Å²) < 4.78 is 12.2. The molecule has 0 amide bonds. The molecule has 1 saturated heterocycles. The fourth-order valence-electron chi connectivity index (χ4n) is 1.67. The first-order valence-corrected chi connectivity index (χ1v) is 6.90. The van der Waals surface area contributed by atoms with Gasteiger partial charge in [-0.3, -0.25) is 0 Å². The summed E-state index contributed by atoms with van der Waals surface area (Å²) in [6.07, 6.45) is 2.29. The fraction of sp³-hybridized carbons (Fsp3) is 0.636. The minimum atomic E-state index is 0.696. The average molecular weight is 291 g/mol. The number of halogens is 1. The maximum absolute atomic E-state index is 5.71. The molecule has 0 aliphatic carbocycles. The SMILES string of the molecule is Brc1csc(COCC2CCOCC2)c1. The predicted molar refractivity (Wildman–Crippen MR) is 65.2 cm³/mol. The van der Waals surface area contributed by atoms with Crippen LogP contribution in [0.15, 0.2) is 15.9 Å². The van der Waals surface area contributed by atoms with Gasteiger partial charge in [0.2, 0.25) is 0 Å². The van der Waals surface area contributed by atoms with Gasteiger partial charge in [-0.2, -0.15) is 0 Å². The van der Waals surface area contributed by atoms with E-state index in [-0.39, 0.29) is 0 Å². The van der Waals surface area contributed by atoms with Gasteiger partial charge in [0.15, 0.2) is 0 Å². The molecule has 1 aliphatic heterocycles. The number of rotatable bonds is 4. The molecule has 1 aromatic rings. The molecule has 0 spiro atoms. The minimum absolute atomic E-state index is 0.696. The lowest BCUT2D eigenvalue weighted by Gasteiger charge is -2.21. The summed E-state index contributed by atoms with van der Waals surface area (Å²) >= 11 is 5.18. The van der Waals surface area contributed by atoms with Gasteiger partial charge >= 0.3 is 0 Å². The second-order valence-electron chi connectivity index (χ2n) is 3.80. The van der Waals surface area contributed by atoms with Crippen LogP contribution in [-0.4, -0.2) is 19.8 Å². The Kier molecular flexibility index (Phi) is 4.62. The van der Waals surface area contributed by atoms with E-state index < -0.39 is 0 Å². The van der Waals surface area contributed by atoms with Crippen molar-refractivity contribution >= 4 is 27.3 Å². The zero-order valence-electron chi connectivity index (χ0n) is 8.58. The van der Waals surface area contributed by atoms with Crippen molar-refractivity contribution in [1.82, 2.24) is 0 Å². The second kappa shape index (κ2) is 5.99. The molecule has 0 bridgehead atoms. The Bertz CT molecular complexity index is 295. The molecule has 15 heavy (non-hydrogen) atoms. The Morgan fingerprint density at radius 1 is 1.47 bits per heavy atom. The summed E-state index contributed by atoms with van der Waals surface area (Å²) in [5, 5.41) is 2.09. The molecule has 0 unspecified atom stereocenters. The van der Waals surface area contributed by atoms with Crippen LogP contribution in [0.2, 0.25) is 0 Å². The van der Waals surface area contributed by atoms with Crippen LogP contribution < -0.4 is 0 Å². The van der Waals surface area contributed by atoms with Gasteiger partial charge in [-0.05, 0) is 40.8 Å². The van der Waals surface area contributed by atoms with Crippen LogP contribution in [0.5, 0.6) is 0 Å². The van der Waals surface area contributed by atoms with Crippen LogP contribution in [0.25, 0.3) is 0 Å². The Morgan fingerprint density at radius 3 is 2.93 bits per heavy atom. The van der Waals surface area contributed by atoms with E-state index in [1.54, 1.807) is 11.3 Å². The molecule has 4 heteroatoms. The van der Waals surface area contributed by atoms with Gasteiger partial charge in [0.25, 0.3) is 0 Å². The van der Waals surface area contributed by atoms with Gasteiger partial charge in [0, 0.05) is 27.9 Å². The number of hydrogen-bond donors (Lipinski definition) is 0. The molecule has 2 heterocycles. The monoisotopic (exact) mass is 290 g/mol. The third-order valence-corrected chi connectivity index (χ3v) is 4.23. The topological polar surface area (TPSA) is 18.5 Å². The van der Waals surface area contributed by atoms with Crippen LogP contribution >= 0.6 is 27.3 Å². The van der Waals surface area contributed by atoms with Crippen molar-refractivity contribution in [1.29, 1.82) is 0 Å². The molecular formula is C11H15BrO2S. The highest BCUT2D eigenvalue weighted by atomic mass is 79.9. The summed E-state index contributed by atoms with van der Waals surface area (Å²) in [5.41, 5.74) is 0. The largest absolute Gasteiger partial charge is 0.381 e. The van der Waals surface area contributed by atoms with Crippen LogP contribution in [0.3, 0.4) is 0 Å². The first-order chi connectivity index (χ1) is 7.34. The predicted octanol–water partition coefficient (Wildman–Crippen LogP) is 3.45. The van der Waals surface area contributed by atoms with Gasteiger partial charge in [-0.25, -0.2) is 0 Å². The highest BCUT2D eigenvalue weighted by Crippen LogP contribution is 2.21. The smallest absolute Gasteiger partial charge is 0.0809 e. The fourth-order valence-corrected chi connectivity index (χ4v) is 3.06. The van der Waals surface area contributed by atoms with Crippen LogP contribution in [0, 0.1) is 5.92 Å². The highest BCUT2D eigenvalue weighted by molar-refractivity contribution is 9.10. The number of hydrogen-bond acceptors (Lipinski definition) is 3. The quantitative estimate of drug-likeness (QED) is 0.846. The van der Waals surface area contributed by atoms with Crippen LogP contribution in [0.1, 0.15) is 17.7 Å². The Hall–Kier alpha value is 0.1000. The Labute approximate surface area is 103 Å². The summed E-state index contributed by atoms with van der Waals surface area (Å²) in [4.78, 5) is 1.29. The maximum Gasteiger partial charge on any atom is 0.0809 e. The van der Waals surface area contributed by atoms with E-state index >= 15 is 0 Å². The normalized spacial score (nSPS) is 18.2. The number of ether oxygens (including phenoxy) is 2. The standard InChI is InChI=1S/C11H15BrO2S/c12-10-5-11(15-8-10)7-14-6-9-1-3-13-4-2-9/h5,8-9H,1-4,6-7H2. The third-order valence-electron chi connectivity index (χ3n) is 2.56. The van der Waals surface area contributed by atoms with Crippen molar-refractivity contribution in [2.45, 2.75) is 19.4 Å². The molecule has 0 saturated carbocycles. The molecule has 1 aromatic heterocycles. The molecule has 0 atom stereocenters. The zero-order chi connectivity index (χ0) is 10.5. The van der Waals surface area contributed by atoms with Crippen LogP contribution in [0.4, 0.5) is 0 Å². The van der Waals surface area contributed by atoms with Gasteiger partial charge in [0.05, 0.1) is 13.2 Å². The van der Waals surface area contributed by atoms with E-state index in [1.807, 2.05) is 0 Å². The molecule has 0 N–H and O–H groups in total. The summed E-state index contributed by atoms with van der Waals surface area (Å²) in [7, 11) is 0. The Balaban J connectivity index is 1.65. The molecule has 1 aliphatic rings. The molecule has 2 rings (SSSR count).